The first-order valence-corrected chi connectivity index (χ1v) is 9.89. The van der Waals surface area contributed by atoms with Crippen molar-refractivity contribution in [2.24, 2.45) is 11.7 Å². The van der Waals surface area contributed by atoms with Gasteiger partial charge in [0.2, 0.25) is 5.91 Å². The molecular formula is C15H19ClN4O3S2. The van der Waals surface area contributed by atoms with Gasteiger partial charge in [0.25, 0.3) is 10.0 Å². The Kier molecular flexibility index (Phi) is 6.39. The van der Waals surface area contributed by atoms with Crippen LogP contribution in [0.2, 0.25) is 0 Å². The number of anilines is 2. The molecule has 2 unspecified atom stereocenters. The Morgan fingerprint density at radius 3 is 2.76 bits per heavy atom. The van der Waals surface area contributed by atoms with Crippen LogP contribution in [0.5, 0.6) is 0 Å². The van der Waals surface area contributed by atoms with E-state index in [4.69, 9.17) is 5.73 Å². The molecule has 3 rings (SSSR count). The third-order valence-electron chi connectivity index (χ3n) is 3.91. The van der Waals surface area contributed by atoms with E-state index in [1.165, 1.54) is 29.7 Å². The summed E-state index contributed by atoms with van der Waals surface area (Å²) in [4.78, 5) is 16.2. The van der Waals surface area contributed by atoms with Crippen LogP contribution in [0.4, 0.5) is 10.8 Å². The lowest BCUT2D eigenvalue weighted by molar-refractivity contribution is -0.119. The van der Waals surface area contributed by atoms with Crippen LogP contribution in [-0.2, 0) is 14.8 Å². The largest absolute Gasteiger partial charge is 0.328 e. The number of nitrogens with one attached hydrogen (secondary N) is 2. The van der Waals surface area contributed by atoms with E-state index in [-0.39, 0.29) is 35.2 Å². The van der Waals surface area contributed by atoms with Crippen molar-refractivity contribution >= 4 is 50.5 Å². The van der Waals surface area contributed by atoms with Gasteiger partial charge in [0.05, 0.1) is 4.90 Å². The number of benzene rings is 1. The van der Waals surface area contributed by atoms with E-state index < -0.39 is 10.0 Å². The maximum atomic E-state index is 12.4. The number of nitrogens with zero attached hydrogens (tertiary/aromatic N) is 1. The molecule has 0 bridgehead atoms. The molecule has 10 heteroatoms. The first-order chi connectivity index (χ1) is 11.4. The molecule has 0 spiro atoms. The van der Waals surface area contributed by atoms with Gasteiger partial charge in [-0.15, -0.1) is 23.7 Å². The number of aromatic nitrogens is 1. The Labute approximate surface area is 156 Å². The summed E-state index contributed by atoms with van der Waals surface area (Å²) in [6, 6.07) is 6.22. The van der Waals surface area contributed by atoms with E-state index in [0.29, 0.717) is 17.2 Å². The van der Waals surface area contributed by atoms with Crippen LogP contribution in [0.25, 0.3) is 0 Å². The fourth-order valence-corrected chi connectivity index (χ4v) is 4.52. The number of amides is 1. The number of carbonyl (C=O) groups excluding carboxylic acids is 1. The minimum absolute atomic E-state index is 0. The summed E-state index contributed by atoms with van der Waals surface area (Å²) in [5.74, 6) is -0.237. The average Bonchev–Trinajstić information content (AvgIpc) is 3.19. The molecule has 4 N–H and O–H groups in total. The lowest BCUT2D eigenvalue weighted by Gasteiger charge is -2.12. The minimum atomic E-state index is -3.74. The molecule has 1 aliphatic carbocycles. The van der Waals surface area contributed by atoms with E-state index in [1.807, 2.05) is 0 Å². The average molecular weight is 403 g/mol. The fourth-order valence-electron chi connectivity index (χ4n) is 2.69. The summed E-state index contributed by atoms with van der Waals surface area (Å²) >= 11 is 1.19. The van der Waals surface area contributed by atoms with E-state index in [2.05, 4.69) is 15.0 Å². The highest BCUT2D eigenvalue weighted by molar-refractivity contribution is 7.93. The summed E-state index contributed by atoms with van der Waals surface area (Å²) < 4.78 is 27.1. The number of halogens is 1. The highest BCUT2D eigenvalue weighted by atomic mass is 35.5. The second kappa shape index (κ2) is 8.13. The van der Waals surface area contributed by atoms with Crippen LogP contribution >= 0.6 is 23.7 Å². The second-order valence-electron chi connectivity index (χ2n) is 5.73. The molecule has 0 saturated heterocycles. The molecule has 1 aromatic heterocycles. The van der Waals surface area contributed by atoms with E-state index in [1.54, 1.807) is 17.5 Å². The van der Waals surface area contributed by atoms with Crippen molar-refractivity contribution in [3.8, 4) is 0 Å². The molecule has 1 heterocycles. The van der Waals surface area contributed by atoms with Gasteiger partial charge < -0.3 is 11.1 Å². The van der Waals surface area contributed by atoms with Crippen molar-refractivity contribution in [2.75, 3.05) is 10.0 Å². The predicted molar refractivity (Wildman–Crippen MR) is 101 cm³/mol. The van der Waals surface area contributed by atoms with Crippen LogP contribution in [-0.4, -0.2) is 25.4 Å². The van der Waals surface area contributed by atoms with Gasteiger partial charge in [0.15, 0.2) is 5.13 Å². The van der Waals surface area contributed by atoms with Gasteiger partial charge in [0.1, 0.15) is 0 Å². The number of rotatable bonds is 5. The molecule has 0 radical (unpaired) electrons. The Balaban J connectivity index is 0.00000225. The van der Waals surface area contributed by atoms with Gasteiger partial charge in [-0.05, 0) is 37.5 Å². The standard InChI is InChI=1S/C15H18N4O3S2.ClH/c16-11-5-4-10(8-11)14(20)18-12-2-1-3-13(9-12)24(21,22)19-15-17-6-7-23-15;/h1-3,6-7,9-11H,4-5,8,16H2,(H,17,19)(H,18,20);1H. The zero-order chi connectivity index (χ0) is 17.2. The number of carbonyl (C=O) groups is 1. The van der Waals surface area contributed by atoms with Gasteiger partial charge >= 0.3 is 0 Å². The Hall–Kier alpha value is -1.68. The lowest BCUT2D eigenvalue weighted by atomic mass is 10.1. The number of hydrogen-bond donors (Lipinski definition) is 3. The lowest BCUT2D eigenvalue weighted by Crippen LogP contribution is -2.23. The first kappa shape index (κ1) is 19.6. The molecule has 25 heavy (non-hydrogen) atoms. The van der Waals surface area contributed by atoms with Crippen molar-refractivity contribution in [3.63, 3.8) is 0 Å². The Morgan fingerprint density at radius 1 is 1.32 bits per heavy atom. The quantitative estimate of drug-likeness (QED) is 0.710. The molecule has 1 saturated carbocycles. The molecule has 0 aliphatic heterocycles. The van der Waals surface area contributed by atoms with Gasteiger partial charge in [-0.2, -0.15) is 0 Å². The monoisotopic (exact) mass is 402 g/mol. The second-order valence-corrected chi connectivity index (χ2v) is 8.31. The SMILES string of the molecule is Cl.NC1CCC(C(=O)Nc2cccc(S(=O)(=O)Nc3nccs3)c2)C1. The maximum absolute atomic E-state index is 12.4. The molecule has 1 amide bonds. The third kappa shape index (κ3) is 4.91. The summed E-state index contributed by atoms with van der Waals surface area (Å²) in [6.45, 7) is 0. The number of hydrogen-bond acceptors (Lipinski definition) is 6. The van der Waals surface area contributed by atoms with Crippen LogP contribution in [0.3, 0.4) is 0 Å². The molecule has 2 atom stereocenters. The molecule has 136 valence electrons. The maximum Gasteiger partial charge on any atom is 0.263 e. The zero-order valence-corrected chi connectivity index (χ0v) is 15.7. The minimum Gasteiger partial charge on any atom is -0.328 e. The summed E-state index contributed by atoms with van der Waals surface area (Å²) in [5, 5.41) is 4.75. The fraction of sp³-hybridized carbons (Fsp3) is 0.333. The van der Waals surface area contributed by atoms with Crippen molar-refractivity contribution in [1.29, 1.82) is 0 Å². The number of thiazole rings is 1. The molecule has 7 nitrogen and oxygen atoms in total. The topological polar surface area (TPSA) is 114 Å². The van der Waals surface area contributed by atoms with Gasteiger partial charge in [-0.25, -0.2) is 13.4 Å². The number of nitrogens with two attached hydrogens (primary N) is 1. The summed E-state index contributed by atoms with van der Waals surface area (Å²) in [6.07, 6.45) is 3.78. The molecule has 1 aromatic carbocycles. The van der Waals surface area contributed by atoms with Crippen LogP contribution < -0.4 is 15.8 Å². The summed E-state index contributed by atoms with van der Waals surface area (Å²) in [5.41, 5.74) is 6.28. The van der Waals surface area contributed by atoms with Crippen LogP contribution in [0, 0.1) is 5.92 Å². The molecule has 1 aliphatic rings. The normalized spacial score (nSPS) is 19.9. The molecule has 1 fully saturated rings. The van der Waals surface area contributed by atoms with E-state index in [0.717, 1.165) is 12.8 Å². The number of sulfonamides is 1. The Morgan fingerprint density at radius 2 is 2.12 bits per heavy atom. The van der Waals surface area contributed by atoms with E-state index in [9.17, 15) is 13.2 Å². The third-order valence-corrected chi connectivity index (χ3v) is 6.06. The predicted octanol–water partition coefficient (Wildman–Crippen LogP) is 2.43. The van der Waals surface area contributed by atoms with Crippen LogP contribution in [0.1, 0.15) is 19.3 Å². The van der Waals surface area contributed by atoms with Gasteiger partial charge in [-0.3, -0.25) is 9.52 Å². The zero-order valence-electron chi connectivity index (χ0n) is 13.2. The van der Waals surface area contributed by atoms with Crippen molar-refractivity contribution in [1.82, 2.24) is 4.98 Å². The van der Waals surface area contributed by atoms with Crippen molar-refractivity contribution in [3.05, 3.63) is 35.8 Å². The summed E-state index contributed by atoms with van der Waals surface area (Å²) in [7, 11) is -3.74. The first-order valence-electron chi connectivity index (χ1n) is 7.53. The highest BCUT2D eigenvalue weighted by Crippen LogP contribution is 2.26. The van der Waals surface area contributed by atoms with Crippen molar-refractivity contribution < 1.29 is 13.2 Å². The highest BCUT2D eigenvalue weighted by Gasteiger charge is 2.28. The van der Waals surface area contributed by atoms with Gasteiger partial charge in [-0.1, -0.05) is 6.07 Å². The molecule has 2 aromatic rings. The van der Waals surface area contributed by atoms with Gasteiger partial charge in [0, 0.05) is 29.2 Å². The van der Waals surface area contributed by atoms with Crippen molar-refractivity contribution in [2.45, 2.75) is 30.2 Å². The Bertz CT molecular complexity index is 827. The molecular weight excluding hydrogens is 384 g/mol. The van der Waals surface area contributed by atoms with E-state index >= 15 is 0 Å². The van der Waals surface area contributed by atoms with Crippen LogP contribution in [0.15, 0.2) is 40.7 Å². The smallest absolute Gasteiger partial charge is 0.263 e.